The number of hydrogen-bond donors (Lipinski definition) is 2. The lowest BCUT2D eigenvalue weighted by Crippen LogP contribution is -2.47. The van der Waals surface area contributed by atoms with Crippen molar-refractivity contribution in [2.75, 3.05) is 46.3 Å². The second kappa shape index (κ2) is 9.11. The predicted octanol–water partition coefficient (Wildman–Crippen LogP) is -0.121. The molecule has 1 aliphatic heterocycles. The molecule has 0 unspecified atom stereocenters. The zero-order valence-electron chi connectivity index (χ0n) is 15.2. The number of nitrogens with zero attached hydrogens (tertiary/aromatic N) is 2. The number of hydrogen-bond acceptors (Lipinski definition) is 5. The number of rotatable bonds is 7. The van der Waals surface area contributed by atoms with E-state index >= 15 is 0 Å². The number of likely N-dealkylation sites (N-methyl/N-ethyl adjacent to an activating group) is 1. The molecule has 8 nitrogen and oxygen atoms in total. The van der Waals surface area contributed by atoms with Crippen LogP contribution >= 0.6 is 0 Å². The van der Waals surface area contributed by atoms with Crippen LogP contribution in [0.15, 0.2) is 29.2 Å². The molecule has 0 atom stereocenters. The first-order chi connectivity index (χ1) is 12.3. The van der Waals surface area contributed by atoms with Gasteiger partial charge in [0.1, 0.15) is 0 Å². The Morgan fingerprint density at radius 1 is 1.00 bits per heavy atom. The number of nitrogens with one attached hydrogen (secondary N) is 2. The van der Waals surface area contributed by atoms with Gasteiger partial charge in [-0.15, -0.1) is 0 Å². The predicted molar refractivity (Wildman–Crippen MR) is 98.3 cm³/mol. The van der Waals surface area contributed by atoms with E-state index < -0.39 is 10.0 Å². The summed E-state index contributed by atoms with van der Waals surface area (Å²) in [5.74, 6) is -0.371. The van der Waals surface area contributed by atoms with Crippen molar-refractivity contribution in [1.82, 2.24) is 19.8 Å². The summed E-state index contributed by atoms with van der Waals surface area (Å²) in [6.45, 7) is 4.72. The van der Waals surface area contributed by atoms with Crippen molar-refractivity contribution in [2.45, 2.75) is 18.2 Å². The lowest BCUT2D eigenvalue weighted by Gasteiger charge is -2.31. The summed E-state index contributed by atoms with van der Waals surface area (Å²) in [5, 5.41) is 5.40. The fraction of sp³-hybridized carbons (Fsp3) is 0.529. The molecule has 0 saturated carbocycles. The summed E-state index contributed by atoms with van der Waals surface area (Å²) >= 11 is 0. The van der Waals surface area contributed by atoms with Gasteiger partial charge in [0.25, 0.3) is 5.91 Å². The molecular weight excluding hydrogens is 356 g/mol. The second-order valence-corrected chi connectivity index (χ2v) is 8.26. The van der Waals surface area contributed by atoms with Gasteiger partial charge >= 0.3 is 0 Å². The van der Waals surface area contributed by atoms with Gasteiger partial charge in [0.2, 0.25) is 15.9 Å². The molecule has 1 aromatic rings. The van der Waals surface area contributed by atoms with Crippen molar-refractivity contribution in [1.29, 1.82) is 0 Å². The average molecular weight is 382 g/mol. The Hall–Kier alpha value is -1.97. The van der Waals surface area contributed by atoms with Gasteiger partial charge in [-0.25, -0.2) is 8.42 Å². The molecule has 0 aliphatic carbocycles. The first-order valence-corrected chi connectivity index (χ1v) is 10.1. The molecular formula is C17H26N4O4S. The van der Waals surface area contributed by atoms with Gasteiger partial charge in [-0.1, -0.05) is 0 Å². The number of benzene rings is 1. The number of carbonyl (C=O) groups is 2. The minimum absolute atomic E-state index is 0.103. The minimum Gasteiger partial charge on any atom is -0.356 e. The number of piperazine rings is 1. The lowest BCUT2D eigenvalue weighted by atomic mass is 10.2. The first kappa shape index (κ1) is 20.3. The largest absolute Gasteiger partial charge is 0.356 e. The standard InChI is InChI=1S/C17H26N4O4S/c1-14(22)18-8-3-9-19-17(23)15-4-6-16(7-5-15)26(24,25)21-12-10-20(2)11-13-21/h4-7H,3,8-13H2,1-2H3,(H,18,22)(H,19,23). The second-order valence-electron chi connectivity index (χ2n) is 6.32. The Bertz CT molecular complexity index is 726. The third-order valence-electron chi connectivity index (χ3n) is 4.23. The highest BCUT2D eigenvalue weighted by Gasteiger charge is 2.27. The molecule has 26 heavy (non-hydrogen) atoms. The molecule has 0 bridgehead atoms. The van der Waals surface area contributed by atoms with Crippen LogP contribution in [0.3, 0.4) is 0 Å². The molecule has 1 aliphatic rings. The molecule has 0 aromatic heterocycles. The van der Waals surface area contributed by atoms with Crippen LogP contribution in [0.1, 0.15) is 23.7 Å². The van der Waals surface area contributed by atoms with Crippen LogP contribution in [-0.4, -0.2) is 75.8 Å². The van der Waals surface area contributed by atoms with Crippen molar-refractivity contribution in [3.05, 3.63) is 29.8 Å². The summed E-state index contributed by atoms with van der Waals surface area (Å²) in [6, 6.07) is 5.98. The first-order valence-electron chi connectivity index (χ1n) is 8.62. The summed E-state index contributed by atoms with van der Waals surface area (Å²) in [4.78, 5) is 25.1. The van der Waals surface area contributed by atoms with Gasteiger partial charge in [0.15, 0.2) is 0 Å². The highest BCUT2D eigenvalue weighted by Crippen LogP contribution is 2.18. The minimum atomic E-state index is -3.53. The van der Waals surface area contributed by atoms with E-state index in [2.05, 4.69) is 15.5 Å². The monoisotopic (exact) mass is 382 g/mol. The Morgan fingerprint density at radius 3 is 2.15 bits per heavy atom. The van der Waals surface area contributed by atoms with E-state index in [-0.39, 0.29) is 16.7 Å². The van der Waals surface area contributed by atoms with Crippen LogP contribution in [0, 0.1) is 0 Å². The van der Waals surface area contributed by atoms with E-state index in [0.29, 0.717) is 51.3 Å². The van der Waals surface area contributed by atoms with Crippen molar-refractivity contribution in [3.8, 4) is 0 Å². The maximum Gasteiger partial charge on any atom is 0.251 e. The van der Waals surface area contributed by atoms with Crippen molar-refractivity contribution >= 4 is 21.8 Å². The SMILES string of the molecule is CC(=O)NCCCNC(=O)c1ccc(S(=O)(=O)N2CCN(C)CC2)cc1. The molecule has 1 aromatic carbocycles. The molecule has 9 heteroatoms. The lowest BCUT2D eigenvalue weighted by molar-refractivity contribution is -0.118. The highest BCUT2D eigenvalue weighted by atomic mass is 32.2. The van der Waals surface area contributed by atoms with Crippen molar-refractivity contribution in [3.63, 3.8) is 0 Å². The molecule has 2 N–H and O–H groups in total. The van der Waals surface area contributed by atoms with E-state index in [1.807, 2.05) is 7.05 Å². The zero-order chi connectivity index (χ0) is 19.2. The molecule has 0 spiro atoms. The maximum atomic E-state index is 12.6. The van der Waals surface area contributed by atoms with Crippen LogP contribution in [0.25, 0.3) is 0 Å². The van der Waals surface area contributed by atoms with Gasteiger partial charge < -0.3 is 15.5 Å². The summed E-state index contributed by atoms with van der Waals surface area (Å²) in [7, 11) is -1.56. The third kappa shape index (κ3) is 5.52. The fourth-order valence-corrected chi connectivity index (χ4v) is 4.03. The fourth-order valence-electron chi connectivity index (χ4n) is 2.61. The Balaban J connectivity index is 1.90. The summed E-state index contributed by atoms with van der Waals surface area (Å²) < 4.78 is 26.8. The van der Waals surface area contributed by atoms with Gasteiger partial charge in [0, 0.05) is 51.8 Å². The number of amides is 2. The summed E-state index contributed by atoms with van der Waals surface area (Å²) in [5.41, 5.74) is 0.404. The normalized spacial score (nSPS) is 16.2. The molecule has 1 heterocycles. The van der Waals surface area contributed by atoms with E-state index in [4.69, 9.17) is 0 Å². The van der Waals surface area contributed by atoms with Gasteiger partial charge in [-0.05, 0) is 37.7 Å². The Labute approximate surface area is 154 Å². The van der Waals surface area contributed by atoms with E-state index in [1.54, 1.807) is 0 Å². The molecule has 0 radical (unpaired) electrons. The summed E-state index contributed by atoms with van der Waals surface area (Å²) in [6.07, 6.45) is 0.626. The van der Waals surface area contributed by atoms with Crippen LogP contribution in [-0.2, 0) is 14.8 Å². The van der Waals surface area contributed by atoms with Gasteiger partial charge in [-0.2, -0.15) is 4.31 Å². The average Bonchev–Trinajstić information content (AvgIpc) is 2.61. The molecule has 144 valence electrons. The Kier molecular flexibility index (Phi) is 7.13. The van der Waals surface area contributed by atoms with E-state index in [1.165, 1.54) is 35.5 Å². The smallest absolute Gasteiger partial charge is 0.251 e. The molecule has 1 fully saturated rings. The van der Waals surface area contributed by atoms with E-state index in [9.17, 15) is 18.0 Å². The molecule has 2 amide bonds. The van der Waals surface area contributed by atoms with Crippen molar-refractivity contribution in [2.24, 2.45) is 0 Å². The molecule has 1 saturated heterocycles. The number of sulfonamides is 1. The Morgan fingerprint density at radius 2 is 1.58 bits per heavy atom. The van der Waals surface area contributed by atoms with Gasteiger partial charge in [-0.3, -0.25) is 9.59 Å². The van der Waals surface area contributed by atoms with Crippen LogP contribution in [0.2, 0.25) is 0 Å². The van der Waals surface area contributed by atoms with E-state index in [0.717, 1.165) is 0 Å². The van der Waals surface area contributed by atoms with Crippen LogP contribution in [0.4, 0.5) is 0 Å². The quantitative estimate of drug-likeness (QED) is 0.641. The molecule has 2 rings (SSSR count). The highest BCUT2D eigenvalue weighted by molar-refractivity contribution is 7.89. The maximum absolute atomic E-state index is 12.6. The van der Waals surface area contributed by atoms with Crippen molar-refractivity contribution < 1.29 is 18.0 Å². The van der Waals surface area contributed by atoms with Crippen LogP contribution in [0.5, 0.6) is 0 Å². The zero-order valence-corrected chi connectivity index (χ0v) is 16.0. The van der Waals surface area contributed by atoms with Gasteiger partial charge in [0.05, 0.1) is 4.90 Å². The third-order valence-corrected chi connectivity index (χ3v) is 6.14. The topological polar surface area (TPSA) is 98.8 Å². The van der Waals surface area contributed by atoms with Crippen LogP contribution < -0.4 is 10.6 Å². The number of carbonyl (C=O) groups excluding carboxylic acids is 2.